The molecule has 37 heavy (non-hydrogen) atoms. The van der Waals surface area contributed by atoms with Crippen LogP contribution in [0.5, 0.6) is 0 Å². The van der Waals surface area contributed by atoms with Crippen LogP contribution in [0.1, 0.15) is 50.4 Å². The molecule has 198 valence electrons. The number of halogens is 1. The molecule has 1 heterocycles. The van der Waals surface area contributed by atoms with E-state index in [9.17, 15) is 27.5 Å². The SMILES string of the molecule is COC(=O)CC(O)CC(=O)CCc1c(-c2ccc(F)cc2)nc(S(=O)(=O)Cc2ccccc2)n1C(C)C. The molecule has 0 aliphatic rings. The van der Waals surface area contributed by atoms with Gasteiger partial charge in [-0.05, 0) is 50.1 Å². The maximum absolute atomic E-state index is 13.6. The molecule has 0 spiro atoms. The predicted octanol–water partition coefficient (Wildman–Crippen LogP) is 4.06. The van der Waals surface area contributed by atoms with Crippen molar-refractivity contribution >= 4 is 21.6 Å². The number of carbonyl (C=O) groups excluding carboxylic acids is 2. The highest BCUT2D eigenvalue weighted by molar-refractivity contribution is 7.90. The van der Waals surface area contributed by atoms with Crippen LogP contribution in [0, 0.1) is 5.82 Å². The molecule has 1 aromatic heterocycles. The van der Waals surface area contributed by atoms with Gasteiger partial charge in [0.05, 0.1) is 31.1 Å². The molecule has 10 heteroatoms. The second-order valence-corrected chi connectivity index (χ2v) is 11.0. The van der Waals surface area contributed by atoms with Crippen molar-refractivity contribution in [1.82, 2.24) is 9.55 Å². The molecule has 0 saturated carbocycles. The van der Waals surface area contributed by atoms with Crippen LogP contribution >= 0.6 is 0 Å². The Morgan fingerprint density at radius 3 is 2.30 bits per heavy atom. The molecule has 0 bridgehead atoms. The fourth-order valence-electron chi connectivity index (χ4n) is 4.10. The standard InChI is InChI=1S/C27H31FN2O6S/c1-18(2)30-24(14-13-22(31)15-23(32)16-25(33)36-3)26(20-9-11-21(28)12-10-20)29-27(30)37(34,35)17-19-7-5-4-6-8-19/h4-12,18,23,32H,13-17H2,1-3H3. The molecular weight excluding hydrogens is 499 g/mol. The van der Waals surface area contributed by atoms with E-state index in [1.54, 1.807) is 34.9 Å². The van der Waals surface area contributed by atoms with E-state index in [-0.39, 0.29) is 48.4 Å². The number of benzene rings is 2. The Kier molecular flexibility index (Phi) is 9.34. The lowest BCUT2D eigenvalue weighted by Gasteiger charge is -2.17. The van der Waals surface area contributed by atoms with E-state index in [4.69, 9.17) is 0 Å². The smallest absolute Gasteiger partial charge is 0.308 e. The van der Waals surface area contributed by atoms with Crippen molar-refractivity contribution in [3.63, 3.8) is 0 Å². The molecular formula is C27H31FN2O6S. The summed E-state index contributed by atoms with van der Waals surface area (Å²) >= 11 is 0. The number of nitrogens with zero attached hydrogens (tertiary/aromatic N) is 2. The van der Waals surface area contributed by atoms with Crippen LogP contribution in [0.3, 0.4) is 0 Å². The van der Waals surface area contributed by atoms with Crippen LogP contribution in [-0.4, -0.2) is 48.0 Å². The number of aromatic nitrogens is 2. The van der Waals surface area contributed by atoms with E-state index in [1.807, 2.05) is 13.8 Å². The number of sulfone groups is 1. The number of methoxy groups -OCH3 is 1. The number of aliphatic hydroxyl groups excluding tert-OH is 1. The number of rotatable bonds is 12. The quantitative estimate of drug-likeness (QED) is 0.351. The summed E-state index contributed by atoms with van der Waals surface area (Å²) in [6.45, 7) is 3.65. The molecule has 0 aliphatic heterocycles. The summed E-state index contributed by atoms with van der Waals surface area (Å²) in [6, 6.07) is 14.0. The van der Waals surface area contributed by atoms with Crippen LogP contribution < -0.4 is 0 Å². The molecule has 0 saturated heterocycles. The Bertz CT molecular complexity index is 1340. The van der Waals surface area contributed by atoms with Gasteiger partial charge in [-0.3, -0.25) is 9.59 Å². The summed E-state index contributed by atoms with van der Waals surface area (Å²) in [5.74, 6) is -1.62. The number of ether oxygens (including phenoxy) is 1. The molecule has 0 amide bonds. The first-order valence-corrected chi connectivity index (χ1v) is 13.6. The van der Waals surface area contributed by atoms with Gasteiger partial charge in [0, 0.05) is 30.1 Å². The van der Waals surface area contributed by atoms with Gasteiger partial charge in [0.25, 0.3) is 0 Å². The van der Waals surface area contributed by atoms with Gasteiger partial charge in [0.2, 0.25) is 15.0 Å². The van der Waals surface area contributed by atoms with E-state index in [2.05, 4.69) is 9.72 Å². The first kappa shape index (κ1) is 28.2. The zero-order chi connectivity index (χ0) is 27.2. The van der Waals surface area contributed by atoms with Crippen molar-refractivity contribution in [3.05, 3.63) is 71.7 Å². The van der Waals surface area contributed by atoms with Crippen LogP contribution in [0.15, 0.2) is 59.8 Å². The van der Waals surface area contributed by atoms with Gasteiger partial charge in [0.1, 0.15) is 11.6 Å². The second-order valence-electron chi connectivity index (χ2n) is 9.08. The summed E-state index contributed by atoms with van der Waals surface area (Å²) in [5, 5.41) is 9.89. The molecule has 2 aromatic carbocycles. The number of aliphatic hydroxyl groups is 1. The largest absolute Gasteiger partial charge is 0.469 e. The normalized spacial score (nSPS) is 12.5. The zero-order valence-corrected chi connectivity index (χ0v) is 21.9. The molecule has 0 aliphatic carbocycles. The minimum atomic E-state index is -3.88. The number of hydrogen-bond donors (Lipinski definition) is 1. The highest BCUT2D eigenvalue weighted by atomic mass is 32.2. The summed E-state index contributed by atoms with van der Waals surface area (Å²) in [5.41, 5.74) is 2.00. The van der Waals surface area contributed by atoms with Crippen molar-refractivity contribution in [2.75, 3.05) is 7.11 Å². The lowest BCUT2D eigenvalue weighted by atomic mass is 10.0. The van der Waals surface area contributed by atoms with Gasteiger partial charge in [-0.2, -0.15) is 0 Å². The van der Waals surface area contributed by atoms with Gasteiger partial charge in [-0.25, -0.2) is 17.8 Å². The highest BCUT2D eigenvalue weighted by Crippen LogP contribution is 2.32. The topological polar surface area (TPSA) is 116 Å². The minimum Gasteiger partial charge on any atom is -0.469 e. The summed E-state index contributed by atoms with van der Waals surface area (Å²) < 4.78 is 46.8. The summed E-state index contributed by atoms with van der Waals surface area (Å²) in [4.78, 5) is 28.5. The third kappa shape index (κ3) is 7.33. The van der Waals surface area contributed by atoms with Crippen LogP contribution in [0.25, 0.3) is 11.3 Å². The van der Waals surface area contributed by atoms with Gasteiger partial charge in [-0.1, -0.05) is 30.3 Å². The maximum atomic E-state index is 13.6. The first-order valence-electron chi connectivity index (χ1n) is 11.9. The van der Waals surface area contributed by atoms with Crippen molar-refractivity contribution < 1.29 is 32.2 Å². The van der Waals surface area contributed by atoms with Crippen molar-refractivity contribution in [1.29, 1.82) is 0 Å². The predicted molar refractivity (Wildman–Crippen MR) is 136 cm³/mol. The number of ketones is 1. The minimum absolute atomic E-state index is 0.0109. The lowest BCUT2D eigenvalue weighted by molar-refractivity contribution is -0.143. The van der Waals surface area contributed by atoms with E-state index in [0.717, 1.165) is 0 Å². The summed E-state index contributed by atoms with van der Waals surface area (Å²) in [6.07, 6.45) is -1.58. The van der Waals surface area contributed by atoms with Gasteiger partial charge in [-0.15, -0.1) is 0 Å². The van der Waals surface area contributed by atoms with Crippen LogP contribution in [0.2, 0.25) is 0 Å². The van der Waals surface area contributed by atoms with Crippen molar-refractivity contribution in [2.24, 2.45) is 0 Å². The van der Waals surface area contributed by atoms with Gasteiger partial charge < -0.3 is 14.4 Å². The Morgan fingerprint density at radius 2 is 1.70 bits per heavy atom. The molecule has 0 radical (unpaired) electrons. The highest BCUT2D eigenvalue weighted by Gasteiger charge is 2.29. The third-order valence-corrected chi connectivity index (χ3v) is 7.38. The molecule has 3 rings (SSSR count). The zero-order valence-electron chi connectivity index (χ0n) is 21.1. The molecule has 1 unspecified atom stereocenters. The number of hydrogen-bond acceptors (Lipinski definition) is 7. The third-order valence-electron chi connectivity index (χ3n) is 5.82. The second kappa shape index (κ2) is 12.2. The number of esters is 1. The first-order chi connectivity index (χ1) is 17.5. The van der Waals surface area contributed by atoms with E-state index >= 15 is 0 Å². The lowest BCUT2D eigenvalue weighted by Crippen LogP contribution is -2.20. The fourth-order valence-corrected chi connectivity index (χ4v) is 5.71. The number of carbonyl (C=O) groups is 2. The average molecular weight is 531 g/mol. The monoisotopic (exact) mass is 530 g/mol. The van der Waals surface area contributed by atoms with Crippen molar-refractivity contribution in [2.45, 2.75) is 62.6 Å². The van der Waals surface area contributed by atoms with E-state index in [1.165, 1.54) is 31.4 Å². The van der Waals surface area contributed by atoms with Crippen LogP contribution in [0.4, 0.5) is 4.39 Å². The van der Waals surface area contributed by atoms with Gasteiger partial charge in [0.15, 0.2) is 0 Å². The van der Waals surface area contributed by atoms with Gasteiger partial charge >= 0.3 is 5.97 Å². The Hall–Kier alpha value is -3.37. The Morgan fingerprint density at radius 1 is 1.05 bits per heavy atom. The molecule has 1 N–H and O–H groups in total. The Labute approximate surface area is 216 Å². The Balaban J connectivity index is 1.99. The average Bonchev–Trinajstić information content (AvgIpc) is 3.24. The number of Topliss-reactive ketones (excluding diaryl/α,β-unsaturated/α-hetero) is 1. The maximum Gasteiger partial charge on any atom is 0.308 e. The molecule has 3 aromatic rings. The summed E-state index contributed by atoms with van der Waals surface area (Å²) in [7, 11) is -2.68. The van der Waals surface area contributed by atoms with E-state index < -0.39 is 27.7 Å². The van der Waals surface area contributed by atoms with Crippen LogP contribution in [-0.2, 0) is 36.3 Å². The molecule has 1 atom stereocenters. The van der Waals surface area contributed by atoms with Crippen molar-refractivity contribution in [3.8, 4) is 11.3 Å². The van der Waals surface area contributed by atoms with E-state index in [0.29, 0.717) is 22.5 Å². The molecule has 8 nitrogen and oxygen atoms in total. The number of imidazole rings is 1. The molecule has 0 fully saturated rings. The fraction of sp³-hybridized carbons (Fsp3) is 0.370.